The van der Waals surface area contributed by atoms with E-state index in [0.717, 1.165) is 17.5 Å². The molecule has 0 spiro atoms. The number of benzene rings is 1. The summed E-state index contributed by atoms with van der Waals surface area (Å²) in [6, 6.07) is 5.21. The Morgan fingerprint density at radius 3 is 2.50 bits per heavy atom. The van der Waals surface area contributed by atoms with E-state index in [2.05, 4.69) is 0 Å². The van der Waals surface area contributed by atoms with Crippen LogP contribution in [0, 0.1) is 19.8 Å². The van der Waals surface area contributed by atoms with Crippen molar-refractivity contribution in [2.45, 2.75) is 45.1 Å². The van der Waals surface area contributed by atoms with Crippen molar-refractivity contribution in [3.8, 4) is 0 Å². The number of Topliss-reactive ketones (excluding diaryl/α,β-unsaturated/α-hetero) is 1. The van der Waals surface area contributed by atoms with Crippen LogP contribution < -0.4 is 0 Å². The quantitative estimate of drug-likeness (QED) is 0.832. The zero-order valence-electron chi connectivity index (χ0n) is 11.8. The molecule has 20 heavy (non-hydrogen) atoms. The number of carbonyl (C=O) groups is 2. The van der Waals surface area contributed by atoms with Gasteiger partial charge in [-0.2, -0.15) is 0 Å². The highest BCUT2D eigenvalue weighted by molar-refractivity contribution is 6.04. The molecule has 0 radical (unpaired) electrons. The molecule has 0 bridgehead atoms. The summed E-state index contributed by atoms with van der Waals surface area (Å²) in [4.78, 5) is 23.9. The lowest BCUT2D eigenvalue weighted by atomic mass is 9.71. The molecule has 0 heterocycles. The second kappa shape index (κ2) is 5.37. The van der Waals surface area contributed by atoms with Gasteiger partial charge < -0.3 is 10.2 Å². The lowest BCUT2D eigenvalue weighted by molar-refractivity contribution is -0.151. The van der Waals surface area contributed by atoms with Crippen LogP contribution in [0.4, 0.5) is 0 Å². The number of aliphatic hydroxyl groups is 1. The summed E-state index contributed by atoms with van der Waals surface area (Å²) >= 11 is 0. The fourth-order valence-corrected chi connectivity index (χ4v) is 2.89. The van der Waals surface area contributed by atoms with Crippen LogP contribution in [-0.4, -0.2) is 27.6 Å². The highest BCUT2D eigenvalue weighted by Gasteiger charge is 2.49. The fraction of sp³-hybridized carbons (Fsp3) is 0.500. The third-order valence-corrected chi connectivity index (χ3v) is 4.34. The molecule has 1 aromatic rings. The van der Waals surface area contributed by atoms with Gasteiger partial charge in [0.1, 0.15) is 5.60 Å². The molecule has 1 aromatic carbocycles. The molecule has 2 N–H and O–H groups in total. The number of ketones is 1. The maximum absolute atomic E-state index is 12.6. The Morgan fingerprint density at radius 1 is 1.20 bits per heavy atom. The Bertz CT molecular complexity index is 549. The molecule has 0 aromatic heterocycles. The zero-order valence-corrected chi connectivity index (χ0v) is 11.8. The molecule has 108 valence electrons. The van der Waals surface area contributed by atoms with Gasteiger partial charge in [-0.25, -0.2) is 0 Å². The molecule has 1 fully saturated rings. The first-order valence-corrected chi connectivity index (χ1v) is 6.93. The number of hydrogen-bond donors (Lipinski definition) is 2. The number of carboxylic acid groups (broad SMARTS) is 1. The number of hydrogen-bond acceptors (Lipinski definition) is 3. The SMILES string of the molecule is Cc1ccc(C(=O)C2(O)CCCCC2C(=O)O)cc1C. The summed E-state index contributed by atoms with van der Waals surface area (Å²) in [5.74, 6) is -2.57. The predicted octanol–water partition coefficient (Wildman–Crippen LogP) is 2.49. The molecule has 2 atom stereocenters. The van der Waals surface area contributed by atoms with Gasteiger partial charge in [0.2, 0.25) is 0 Å². The minimum atomic E-state index is -1.77. The third kappa shape index (κ3) is 2.48. The van der Waals surface area contributed by atoms with Crippen molar-refractivity contribution in [1.82, 2.24) is 0 Å². The molecular formula is C16H20O4. The average Bonchev–Trinajstić information content (AvgIpc) is 2.41. The normalized spacial score (nSPS) is 26.2. The van der Waals surface area contributed by atoms with Crippen molar-refractivity contribution < 1.29 is 19.8 Å². The van der Waals surface area contributed by atoms with Crippen LogP contribution in [0.3, 0.4) is 0 Å². The van der Waals surface area contributed by atoms with Gasteiger partial charge >= 0.3 is 5.97 Å². The maximum Gasteiger partial charge on any atom is 0.309 e. The molecule has 1 aliphatic carbocycles. The van der Waals surface area contributed by atoms with E-state index in [1.165, 1.54) is 0 Å². The van der Waals surface area contributed by atoms with E-state index < -0.39 is 23.3 Å². The second-order valence-corrected chi connectivity index (χ2v) is 5.69. The minimum Gasteiger partial charge on any atom is -0.481 e. The van der Waals surface area contributed by atoms with Crippen molar-refractivity contribution in [1.29, 1.82) is 0 Å². The smallest absolute Gasteiger partial charge is 0.309 e. The maximum atomic E-state index is 12.6. The van der Waals surface area contributed by atoms with E-state index >= 15 is 0 Å². The largest absolute Gasteiger partial charge is 0.481 e. The Balaban J connectivity index is 2.38. The first kappa shape index (κ1) is 14.7. The van der Waals surface area contributed by atoms with E-state index in [0.29, 0.717) is 18.4 Å². The van der Waals surface area contributed by atoms with Crippen LogP contribution in [0.25, 0.3) is 0 Å². The zero-order chi connectivity index (χ0) is 14.9. The highest BCUT2D eigenvalue weighted by Crippen LogP contribution is 2.36. The molecule has 1 saturated carbocycles. The fourth-order valence-electron chi connectivity index (χ4n) is 2.89. The first-order chi connectivity index (χ1) is 9.36. The van der Waals surface area contributed by atoms with Crippen LogP contribution >= 0.6 is 0 Å². The topological polar surface area (TPSA) is 74.6 Å². The summed E-state index contributed by atoms with van der Waals surface area (Å²) in [6.45, 7) is 3.84. The van der Waals surface area contributed by atoms with Gasteiger partial charge in [-0.1, -0.05) is 25.0 Å². The third-order valence-electron chi connectivity index (χ3n) is 4.34. The summed E-state index contributed by atoms with van der Waals surface area (Å²) in [5.41, 5.74) is 0.643. The molecule has 2 unspecified atom stereocenters. The summed E-state index contributed by atoms with van der Waals surface area (Å²) in [5, 5.41) is 19.9. The monoisotopic (exact) mass is 276 g/mol. The van der Waals surface area contributed by atoms with Crippen LogP contribution in [0.5, 0.6) is 0 Å². The Hall–Kier alpha value is -1.68. The standard InChI is InChI=1S/C16H20O4/c1-10-6-7-12(9-11(10)2)14(17)16(20)8-4-3-5-13(16)15(18)19/h6-7,9,13,20H,3-5,8H2,1-2H3,(H,18,19). The van der Waals surface area contributed by atoms with E-state index in [1.807, 2.05) is 19.9 Å². The second-order valence-electron chi connectivity index (χ2n) is 5.69. The van der Waals surface area contributed by atoms with Crippen molar-refractivity contribution in [3.05, 3.63) is 34.9 Å². The molecule has 0 saturated heterocycles. The molecule has 4 heteroatoms. The van der Waals surface area contributed by atoms with Gasteiger partial charge in [-0.3, -0.25) is 9.59 Å². The Morgan fingerprint density at radius 2 is 1.90 bits per heavy atom. The lowest BCUT2D eigenvalue weighted by Crippen LogP contribution is -2.51. The van der Waals surface area contributed by atoms with Gasteiger partial charge in [0.05, 0.1) is 5.92 Å². The Kier molecular flexibility index (Phi) is 3.95. The van der Waals surface area contributed by atoms with Crippen LogP contribution in [0.1, 0.15) is 47.2 Å². The van der Waals surface area contributed by atoms with Gasteiger partial charge in [-0.15, -0.1) is 0 Å². The molecule has 0 amide bonds. The van der Waals surface area contributed by atoms with E-state index in [-0.39, 0.29) is 6.42 Å². The van der Waals surface area contributed by atoms with Crippen LogP contribution in [0.2, 0.25) is 0 Å². The van der Waals surface area contributed by atoms with E-state index in [4.69, 9.17) is 0 Å². The molecular weight excluding hydrogens is 256 g/mol. The Labute approximate surface area is 118 Å². The van der Waals surface area contributed by atoms with Gasteiger partial charge in [0.25, 0.3) is 0 Å². The summed E-state index contributed by atoms with van der Waals surface area (Å²) in [6.07, 6.45) is 1.98. The molecule has 4 nitrogen and oxygen atoms in total. The summed E-state index contributed by atoms with van der Waals surface area (Å²) < 4.78 is 0. The average molecular weight is 276 g/mol. The van der Waals surface area contributed by atoms with Crippen LogP contribution in [-0.2, 0) is 4.79 Å². The molecule has 0 aliphatic heterocycles. The number of carboxylic acids is 1. The van der Waals surface area contributed by atoms with Crippen LogP contribution in [0.15, 0.2) is 18.2 Å². The minimum absolute atomic E-state index is 0.218. The molecule has 2 rings (SSSR count). The summed E-state index contributed by atoms with van der Waals surface area (Å²) in [7, 11) is 0. The predicted molar refractivity (Wildman–Crippen MR) is 74.8 cm³/mol. The number of rotatable bonds is 3. The number of carbonyl (C=O) groups excluding carboxylic acids is 1. The van der Waals surface area contributed by atoms with Crippen molar-refractivity contribution in [3.63, 3.8) is 0 Å². The number of aliphatic carboxylic acids is 1. The van der Waals surface area contributed by atoms with E-state index in [1.54, 1.807) is 12.1 Å². The molecule has 1 aliphatic rings. The lowest BCUT2D eigenvalue weighted by Gasteiger charge is -2.36. The van der Waals surface area contributed by atoms with E-state index in [9.17, 15) is 19.8 Å². The van der Waals surface area contributed by atoms with Crippen molar-refractivity contribution in [2.24, 2.45) is 5.92 Å². The van der Waals surface area contributed by atoms with Gasteiger partial charge in [0, 0.05) is 5.56 Å². The highest BCUT2D eigenvalue weighted by atomic mass is 16.4. The van der Waals surface area contributed by atoms with Gasteiger partial charge in [-0.05, 0) is 43.9 Å². The van der Waals surface area contributed by atoms with Gasteiger partial charge in [0.15, 0.2) is 5.78 Å². The first-order valence-electron chi connectivity index (χ1n) is 6.93. The number of aryl methyl sites for hydroxylation is 2. The van der Waals surface area contributed by atoms with Crippen molar-refractivity contribution >= 4 is 11.8 Å². The van der Waals surface area contributed by atoms with Crippen molar-refractivity contribution in [2.75, 3.05) is 0 Å².